The molecule has 0 aromatic heterocycles. The summed E-state index contributed by atoms with van der Waals surface area (Å²) in [7, 11) is 0. The van der Waals surface area contributed by atoms with Crippen LogP contribution in [-0.2, 0) is 19.8 Å². The minimum atomic E-state index is 0.0484. The van der Waals surface area contributed by atoms with Gasteiger partial charge in [0.25, 0.3) is 0 Å². The van der Waals surface area contributed by atoms with Gasteiger partial charge in [-0.15, -0.1) is 0 Å². The topological polar surface area (TPSA) is 55.5 Å². The number of benzene rings is 2. The number of aliphatic hydroxyl groups excluding tert-OH is 1. The molecule has 3 nitrogen and oxygen atoms in total. The molecule has 0 aliphatic carbocycles. The van der Waals surface area contributed by atoms with Crippen molar-refractivity contribution < 1.29 is 9.84 Å². The summed E-state index contributed by atoms with van der Waals surface area (Å²) in [6, 6.07) is 13.0. The molecule has 19 heavy (non-hydrogen) atoms. The highest BCUT2D eigenvalue weighted by molar-refractivity contribution is 6.30. The van der Waals surface area contributed by atoms with Crippen LogP contribution in [0.3, 0.4) is 0 Å². The summed E-state index contributed by atoms with van der Waals surface area (Å²) in [5.41, 5.74) is 8.50. The maximum Gasteiger partial charge on any atom is 0.125 e. The molecular weight excluding hydrogens is 262 g/mol. The molecular formula is C15H16ClNO2. The van der Waals surface area contributed by atoms with Crippen LogP contribution in [0.15, 0.2) is 42.5 Å². The lowest BCUT2D eigenvalue weighted by Crippen LogP contribution is -2.02. The Balaban J connectivity index is 2.07. The maximum absolute atomic E-state index is 8.98. The number of hydrogen-bond acceptors (Lipinski definition) is 3. The van der Waals surface area contributed by atoms with Gasteiger partial charge in [-0.05, 0) is 23.3 Å². The van der Waals surface area contributed by atoms with Crippen molar-refractivity contribution in [2.75, 3.05) is 0 Å². The van der Waals surface area contributed by atoms with E-state index in [1.54, 1.807) is 12.1 Å². The largest absolute Gasteiger partial charge is 0.489 e. The molecule has 0 amide bonds. The van der Waals surface area contributed by atoms with E-state index in [-0.39, 0.29) is 6.61 Å². The summed E-state index contributed by atoms with van der Waals surface area (Å²) in [4.78, 5) is 0. The minimum Gasteiger partial charge on any atom is -0.489 e. The molecule has 0 heterocycles. The third-order valence-corrected chi connectivity index (χ3v) is 3.08. The molecule has 0 spiro atoms. The third-order valence-electron chi connectivity index (χ3n) is 2.85. The standard InChI is InChI=1S/C15H16ClNO2/c16-14-6-5-13(8-17)15(7-14)19-10-12-3-1-11(9-18)2-4-12/h1-7,18H,8-10,17H2. The average Bonchev–Trinajstić information content (AvgIpc) is 2.46. The molecule has 0 aliphatic rings. The highest BCUT2D eigenvalue weighted by Crippen LogP contribution is 2.24. The monoisotopic (exact) mass is 277 g/mol. The van der Waals surface area contributed by atoms with Crippen LogP contribution in [0.5, 0.6) is 5.75 Å². The highest BCUT2D eigenvalue weighted by Gasteiger charge is 2.04. The molecule has 2 aromatic carbocycles. The van der Waals surface area contributed by atoms with Gasteiger partial charge in [0.2, 0.25) is 0 Å². The van der Waals surface area contributed by atoms with Gasteiger partial charge in [0, 0.05) is 17.1 Å². The Labute approximate surface area is 117 Å². The zero-order valence-electron chi connectivity index (χ0n) is 10.5. The Morgan fingerprint density at radius 3 is 2.37 bits per heavy atom. The van der Waals surface area contributed by atoms with Crippen molar-refractivity contribution in [2.45, 2.75) is 19.8 Å². The fourth-order valence-electron chi connectivity index (χ4n) is 1.73. The summed E-state index contributed by atoms with van der Waals surface area (Å²) in [6.07, 6.45) is 0. The molecule has 2 rings (SSSR count). The molecule has 3 N–H and O–H groups in total. The second-order valence-corrected chi connectivity index (χ2v) is 4.66. The molecule has 0 atom stereocenters. The van der Waals surface area contributed by atoms with Crippen molar-refractivity contribution in [3.63, 3.8) is 0 Å². The van der Waals surface area contributed by atoms with Gasteiger partial charge >= 0.3 is 0 Å². The lowest BCUT2D eigenvalue weighted by molar-refractivity contribution is 0.281. The van der Waals surface area contributed by atoms with Gasteiger partial charge in [0.1, 0.15) is 12.4 Å². The van der Waals surface area contributed by atoms with Crippen LogP contribution < -0.4 is 10.5 Å². The Morgan fingerprint density at radius 2 is 1.74 bits per heavy atom. The first-order chi connectivity index (χ1) is 9.22. The molecule has 0 radical (unpaired) electrons. The molecule has 0 fully saturated rings. The normalized spacial score (nSPS) is 10.5. The Bertz CT molecular complexity index is 540. The molecule has 2 aromatic rings. The van der Waals surface area contributed by atoms with E-state index in [9.17, 15) is 0 Å². The van der Waals surface area contributed by atoms with Gasteiger partial charge in [-0.2, -0.15) is 0 Å². The molecule has 4 heteroatoms. The minimum absolute atomic E-state index is 0.0484. The van der Waals surface area contributed by atoms with E-state index in [1.165, 1.54) is 0 Å². The number of rotatable bonds is 5. The predicted molar refractivity (Wildman–Crippen MR) is 76.0 cm³/mol. The number of nitrogens with two attached hydrogens (primary N) is 1. The smallest absolute Gasteiger partial charge is 0.125 e. The fraction of sp³-hybridized carbons (Fsp3) is 0.200. The number of ether oxygens (including phenoxy) is 1. The van der Waals surface area contributed by atoms with Gasteiger partial charge in [0.15, 0.2) is 0 Å². The lowest BCUT2D eigenvalue weighted by atomic mass is 10.1. The van der Waals surface area contributed by atoms with E-state index in [0.717, 1.165) is 16.7 Å². The van der Waals surface area contributed by atoms with Crippen molar-refractivity contribution in [1.82, 2.24) is 0 Å². The zero-order chi connectivity index (χ0) is 13.7. The second kappa shape index (κ2) is 6.57. The highest BCUT2D eigenvalue weighted by atomic mass is 35.5. The second-order valence-electron chi connectivity index (χ2n) is 4.22. The van der Waals surface area contributed by atoms with Crippen molar-refractivity contribution in [1.29, 1.82) is 0 Å². The molecule has 0 saturated heterocycles. The van der Waals surface area contributed by atoms with Crippen LogP contribution in [0.2, 0.25) is 5.02 Å². The Kier molecular flexibility index (Phi) is 4.80. The molecule has 100 valence electrons. The van der Waals surface area contributed by atoms with Crippen LogP contribution in [0.1, 0.15) is 16.7 Å². The van der Waals surface area contributed by atoms with E-state index in [4.69, 9.17) is 27.2 Å². The quantitative estimate of drug-likeness (QED) is 0.884. The van der Waals surface area contributed by atoms with Crippen LogP contribution >= 0.6 is 11.6 Å². The van der Waals surface area contributed by atoms with E-state index in [0.29, 0.717) is 23.9 Å². The molecule has 0 saturated carbocycles. The zero-order valence-corrected chi connectivity index (χ0v) is 11.2. The summed E-state index contributed by atoms with van der Waals surface area (Å²) in [5.74, 6) is 0.709. The van der Waals surface area contributed by atoms with Crippen molar-refractivity contribution >= 4 is 11.6 Å². The number of hydrogen-bond donors (Lipinski definition) is 2. The number of halogens is 1. The van der Waals surface area contributed by atoms with Gasteiger partial charge in [-0.3, -0.25) is 0 Å². The van der Waals surface area contributed by atoms with E-state index < -0.39 is 0 Å². The maximum atomic E-state index is 8.98. The van der Waals surface area contributed by atoms with Crippen LogP contribution in [0.4, 0.5) is 0 Å². The van der Waals surface area contributed by atoms with Gasteiger partial charge in [0.05, 0.1) is 6.61 Å². The average molecular weight is 278 g/mol. The van der Waals surface area contributed by atoms with E-state index in [1.807, 2.05) is 30.3 Å². The van der Waals surface area contributed by atoms with Crippen LogP contribution in [0.25, 0.3) is 0 Å². The Morgan fingerprint density at radius 1 is 1.05 bits per heavy atom. The van der Waals surface area contributed by atoms with Crippen LogP contribution in [0, 0.1) is 0 Å². The summed E-state index contributed by atoms with van der Waals surface area (Å²) in [6.45, 7) is 0.905. The molecule has 0 bridgehead atoms. The first kappa shape index (κ1) is 13.9. The summed E-state index contributed by atoms with van der Waals surface area (Å²) in [5, 5.41) is 9.60. The van der Waals surface area contributed by atoms with E-state index >= 15 is 0 Å². The number of aliphatic hydroxyl groups is 1. The first-order valence-electron chi connectivity index (χ1n) is 6.03. The van der Waals surface area contributed by atoms with Crippen molar-refractivity contribution in [2.24, 2.45) is 5.73 Å². The van der Waals surface area contributed by atoms with E-state index in [2.05, 4.69) is 0 Å². The molecule has 0 unspecified atom stereocenters. The molecule has 0 aliphatic heterocycles. The van der Waals surface area contributed by atoms with Gasteiger partial charge in [-0.1, -0.05) is 41.9 Å². The Hall–Kier alpha value is -1.55. The van der Waals surface area contributed by atoms with Gasteiger partial charge in [-0.25, -0.2) is 0 Å². The fourth-order valence-corrected chi connectivity index (χ4v) is 1.90. The van der Waals surface area contributed by atoms with Gasteiger partial charge < -0.3 is 15.6 Å². The predicted octanol–water partition coefficient (Wildman–Crippen LogP) is 2.87. The van der Waals surface area contributed by atoms with Crippen LogP contribution in [-0.4, -0.2) is 5.11 Å². The third kappa shape index (κ3) is 3.70. The first-order valence-corrected chi connectivity index (χ1v) is 6.40. The van der Waals surface area contributed by atoms with Crippen molar-refractivity contribution in [3.05, 3.63) is 64.2 Å². The summed E-state index contributed by atoms with van der Waals surface area (Å²) >= 11 is 5.95. The van der Waals surface area contributed by atoms with Crippen molar-refractivity contribution in [3.8, 4) is 5.75 Å². The SMILES string of the molecule is NCc1ccc(Cl)cc1OCc1ccc(CO)cc1. The lowest BCUT2D eigenvalue weighted by Gasteiger charge is -2.11. The summed E-state index contributed by atoms with van der Waals surface area (Å²) < 4.78 is 5.74.